The fourth-order valence-corrected chi connectivity index (χ4v) is 4.62. The Morgan fingerprint density at radius 2 is 1.72 bits per heavy atom. The normalized spacial score (nSPS) is 11.6. The average molecular weight is 457 g/mol. The summed E-state index contributed by atoms with van der Waals surface area (Å²) in [5.41, 5.74) is 2.47. The summed E-state index contributed by atoms with van der Waals surface area (Å²) in [5, 5.41) is 10.4. The van der Waals surface area contributed by atoms with Gasteiger partial charge in [0.2, 0.25) is 15.9 Å². The fraction of sp³-hybridized carbons (Fsp3) is 0.348. The van der Waals surface area contributed by atoms with Gasteiger partial charge in [0, 0.05) is 18.7 Å². The number of hydrogen-bond acceptors (Lipinski definition) is 6. The third-order valence-corrected chi connectivity index (χ3v) is 7.02. The van der Waals surface area contributed by atoms with Crippen LogP contribution in [0, 0.1) is 6.92 Å². The summed E-state index contributed by atoms with van der Waals surface area (Å²) in [5.74, 6) is -0.0739. The Hall–Kier alpha value is -3.04. The summed E-state index contributed by atoms with van der Waals surface area (Å²) in [6, 6.07) is 13.8. The van der Waals surface area contributed by atoms with Crippen LogP contribution in [-0.2, 0) is 16.4 Å². The second kappa shape index (κ2) is 10.5. The van der Waals surface area contributed by atoms with Gasteiger partial charge in [-0.15, -0.1) is 5.10 Å². The maximum Gasteiger partial charge on any atom is 0.322 e. The maximum absolute atomic E-state index is 12.8. The molecule has 0 saturated heterocycles. The first-order chi connectivity index (χ1) is 15.3. The van der Waals surface area contributed by atoms with Gasteiger partial charge in [0.1, 0.15) is 0 Å². The Balaban J connectivity index is 1.65. The van der Waals surface area contributed by atoms with E-state index < -0.39 is 15.9 Å². The molecule has 0 unspecified atom stereocenters. The molecule has 0 spiro atoms. The van der Waals surface area contributed by atoms with E-state index in [4.69, 9.17) is 4.42 Å². The first-order valence-corrected chi connectivity index (χ1v) is 12.1. The molecule has 0 radical (unpaired) electrons. The Labute approximate surface area is 188 Å². The van der Waals surface area contributed by atoms with Crippen molar-refractivity contribution < 1.29 is 17.6 Å². The lowest BCUT2D eigenvalue weighted by molar-refractivity contribution is 0.102. The van der Waals surface area contributed by atoms with Crippen LogP contribution in [0.4, 0.5) is 6.01 Å². The van der Waals surface area contributed by atoms with Gasteiger partial charge in [-0.2, -0.15) is 4.31 Å². The molecular weight excluding hydrogens is 428 g/mol. The number of carbonyl (C=O) groups excluding carboxylic acids is 1. The van der Waals surface area contributed by atoms with E-state index in [2.05, 4.69) is 15.5 Å². The smallest absolute Gasteiger partial charge is 0.322 e. The van der Waals surface area contributed by atoms with Crippen LogP contribution in [-0.4, -0.2) is 41.9 Å². The van der Waals surface area contributed by atoms with Gasteiger partial charge in [0.15, 0.2) is 0 Å². The van der Waals surface area contributed by atoms with Crippen LogP contribution in [0.2, 0.25) is 0 Å². The number of amides is 1. The van der Waals surface area contributed by atoms with Gasteiger partial charge < -0.3 is 4.42 Å². The van der Waals surface area contributed by atoms with Crippen molar-refractivity contribution in [2.24, 2.45) is 0 Å². The van der Waals surface area contributed by atoms with E-state index in [-0.39, 0.29) is 10.9 Å². The van der Waals surface area contributed by atoms with E-state index in [9.17, 15) is 13.2 Å². The monoisotopic (exact) mass is 456 g/mol. The molecule has 0 aliphatic rings. The Morgan fingerprint density at radius 1 is 1.03 bits per heavy atom. The molecule has 0 fully saturated rings. The van der Waals surface area contributed by atoms with Gasteiger partial charge in [-0.05, 0) is 43.2 Å². The summed E-state index contributed by atoms with van der Waals surface area (Å²) in [6.07, 6.45) is 2.17. The van der Waals surface area contributed by atoms with Crippen LogP contribution >= 0.6 is 0 Å². The highest BCUT2D eigenvalue weighted by Gasteiger charge is 2.23. The van der Waals surface area contributed by atoms with Crippen LogP contribution in [0.3, 0.4) is 0 Å². The second-order valence-electron chi connectivity index (χ2n) is 7.49. The molecule has 0 aliphatic heterocycles. The third-order valence-electron chi connectivity index (χ3n) is 5.03. The molecule has 0 saturated carbocycles. The predicted octanol–water partition coefficient (Wildman–Crippen LogP) is 4.03. The van der Waals surface area contributed by atoms with Crippen molar-refractivity contribution in [3.8, 4) is 0 Å². The highest BCUT2D eigenvalue weighted by atomic mass is 32.2. The van der Waals surface area contributed by atoms with Crippen molar-refractivity contribution in [2.75, 3.05) is 18.4 Å². The number of aryl methyl sites for hydroxylation is 1. The van der Waals surface area contributed by atoms with Crippen molar-refractivity contribution >= 4 is 21.9 Å². The van der Waals surface area contributed by atoms with Crippen molar-refractivity contribution in [3.63, 3.8) is 0 Å². The molecule has 1 amide bonds. The van der Waals surface area contributed by atoms with Crippen LogP contribution in [0.25, 0.3) is 0 Å². The minimum Gasteiger partial charge on any atom is -0.407 e. The number of benzene rings is 2. The third kappa shape index (κ3) is 5.80. The van der Waals surface area contributed by atoms with Gasteiger partial charge in [-0.25, -0.2) is 8.42 Å². The first-order valence-electron chi connectivity index (χ1n) is 10.6. The SMILES string of the molecule is CCCCN(CC)S(=O)(=O)c1ccc(C(=O)Nc2nnc(Cc3ccc(C)cc3)o2)cc1. The molecule has 0 atom stereocenters. The van der Waals surface area contributed by atoms with Crippen LogP contribution in [0.15, 0.2) is 57.8 Å². The Morgan fingerprint density at radius 3 is 2.34 bits per heavy atom. The number of sulfonamides is 1. The molecule has 32 heavy (non-hydrogen) atoms. The van der Waals surface area contributed by atoms with E-state index in [1.807, 2.05) is 45.0 Å². The van der Waals surface area contributed by atoms with Gasteiger partial charge in [-0.3, -0.25) is 10.1 Å². The van der Waals surface area contributed by atoms with Crippen LogP contribution in [0.1, 0.15) is 54.1 Å². The molecule has 1 aromatic heterocycles. The topological polar surface area (TPSA) is 105 Å². The summed E-state index contributed by atoms with van der Waals surface area (Å²) in [6.45, 7) is 6.71. The Kier molecular flexibility index (Phi) is 7.76. The van der Waals surface area contributed by atoms with E-state index in [1.165, 1.54) is 28.6 Å². The summed E-state index contributed by atoms with van der Waals surface area (Å²) in [4.78, 5) is 12.7. The van der Waals surface area contributed by atoms with E-state index >= 15 is 0 Å². The lowest BCUT2D eigenvalue weighted by Crippen LogP contribution is -2.31. The number of rotatable bonds is 10. The van der Waals surface area contributed by atoms with Gasteiger partial charge in [0.25, 0.3) is 5.91 Å². The second-order valence-corrected chi connectivity index (χ2v) is 9.43. The highest BCUT2D eigenvalue weighted by molar-refractivity contribution is 7.89. The van der Waals surface area contributed by atoms with Crippen molar-refractivity contribution in [3.05, 3.63) is 71.1 Å². The van der Waals surface area contributed by atoms with Gasteiger partial charge in [0.05, 0.1) is 11.3 Å². The summed E-state index contributed by atoms with van der Waals surface area (Å²) in [7, 11) is -3.59. The van der Waals surface area contributed by atoms with E-state index in [0.717, 1.165) is 24.0 Å². The summed E-state index contributed by atoms with van der Waals surface area (Å²) >= 11 is 0. The van der Waals surface area contributed by atoms with Crippen molar-refractivity contribution in [2.45, 2.75) is 44.9 Å². The van der Waals surface area contributed by atoms with E-state index in [0.29, 0.717) is 31.0 Å². The fourth-order valence-electron chi connectivity index (χ4n) is 3.14. The lowest BCUT2D eigenvalue weighted by atomic mass is 10.1. The minimum atomic E-state index is -3.59. The maximum atomic E-state index is 12.8. The zero-order valence-corrected chi connectivity index (χ0v) is 19.4. The lowest BCUT2D eigenvalue weighted by Gasteiger charge is -2.20. The number of aromatic nitrogens is 2. The molecule has 3 aromatic rings. The minimum absolute atomic E-state index is 0.00877. The highest BCUT2D eigenvalue weighted by Crippen LogP contribution is 2.18. The summed E-state index contributed by atoms with van der Waals surface area (Å²) < 4.78 is 32.6. The molecule has 1 N–H and O–H groups in total. The number of hydrogen-bond donors (Lipinski definition) is 1. The number of carbonyl (C=O) groups is 1. The quantitative estimate of drug-likeness (QED) is 0.494. The zero-order chi connectivity index (χ0) is 23.1. The zero-order valence-electron chi connectivity index (χ0n) is 18.5. The average Bonchev–Trinajstić information content (AvgIpc) is 3.22. The molecule has 2 aromatic carbocycles. The van der Waals surface area contributed by atoms with Crippen molar-refractivity contribution in [1.29, 1.82) is 0 Å². The van der Waals surface area contributed by atoms with Crippen LogP contribution in [0.5, 0.6) is 0 Å². The largest absolute Gasteiger partial charge is 0.407 e. The first kappa shape index (κ1) is 23.6. The Bertz CT molecular complexity index is 1140. The number of anilines is 1. The molecule has 170 valence electrons. The molecule has 3 rings (SSSR count). The number of nitrogens with one attached hydrogen (secondary N) is 1. The molecule has 0 aliphatic carbocycles. The molecular formula is C23H28N4O4S. The number of unbranched alkanes of at least 4 members (excludes halogenated alkanes) is 1. The van der Waals surface area contributed by atoms with Gasteiger partial charge >= 0.3 is 6.01 Å². The molecule has 8 nitrogen and oxygen atoms in total. The standard InChI is InChI=1S/C23H28N4O4S/c1-4-6-15-27(5-2)32(29,30)20-13-11-19(12-14-20)22(28)24-23-26-25-21(31-23)16-18-9-7-17(3)8-10-18/h7-14H,4-6,15-16H2,1-3H3,(H,24,26,28). The molecule has 9 heteroatoms. The molecule has 0 bridgehead atoms. The molecule has 1 heterocycles. The number of nitrogens with zero attached hydrogens (tertiary/aromatic N) is 3. The van der Waals surface area contributed by atoms with Gasteiger partial charge in [-0.1, -0.05) is 55.2 Å². The van der Waals surface area contributed by atoms with Crippen LogP contribution < -0.4 is 5.32 Å². The van der Waals surface area contributed by atoms with E-state index in [1.54, 1.807) is 0 Å². The predicted molar refractivity (Wildman–Crippen MR) is 122 cm³/mol. The van der Waals surface area contributed by atoms with Crippen molar-refractivity contribution in [1.82, 2.24) is 14.5 Å².